The Morgan fingerprint density at radius 2 is 1.68 bits per heavy atom. The molecule has 1 aromatic heterocycles. The van der Waals surface area contributed by atoms with Crippen LogP contribution >= 0.6 is 0 Å². The van der Waals surface area contributed by atoms with Gasteiger partial charge in [0.15, 0.2) is 0 Å². The first kappa shape index (κ1) is 13.5. The van der Waals surface area contributed by atoms with E-state index in [4.69, 9.17) is 0 Å². The summed E-state index contributed by atoms with van der Waals surface area (Å²) in [4.78, 5) is 3.88. The largest absolute Gasteiger partial charge is 0.416 e. The first-order valence-corrected chi connectivity index (χ1v) is 5.77. The number of hydrogen-bond donors (Lipinski definition) is 1. The Morgan fingerprint density at radius 1 is 1.05 bits per heavy atom. The second-order valence-electron chi connectivity index (χ2n) is 4.09. The molecule has 2 rings (SSSR count). The van der Waals surface area contributed by atoms with Crippen LogP contribution in [0.1, 0.15) is 22.7 Å². The molecule has 1 N–H and O–H groups in total. The van der Waals surface area contributed by atoms with Crippen molar-refractivity contribution in [2.45, 2.75) is 12.2 Å². The lowest BCUT2D eigenvalue weighted by atomic mass is 9.95. The second-order valence-corrected chi connectivity index (χ2v) is 4.09. The van der Waals surface area contributed by atoms with Crippen LogP contribution in [-0.2, 0) is 6.18 Å². The molecule has 0 aliphatic carbocycles. The predicted octanol–water partition coefficient (Wildman–Crippen LogP) is 3.41. The van der Waals surface area contributed by atoms with Gasteiger partial charge in [0.1, 0.15) is 0 Å². The first-order valence-electron chi connectivity index (χ1n) is 5.77. The van der Waals surface area contributed by atoms with E-state index in [0.29, 0.717) is 0 Å². The Labute approximate surface area is 109 Å². The quantitative estimate of drug-likeness (QED) is 0.920. The third-order valence-corrected chi connectivity index (χ3v) is 2.91. The second kappa shape index (κ2) is 5.40. The van der Waals surface area contributed by atoms with Crippen molar-refractivity contribution in [1.29, 1.82) is 0 Å². The molecule has 19 heavy (non-hydrogen) atoms. The monoisotopic (exact) mass is 266 g/mol. The lowest BCUT2D eigenvalue weighted by molar-refractivity contribution is -0.138. The van der Waals surface area contributed by atoms with Gasteiger partial charge in [-0.25, -0.2) is 0 Å². The fourth-order valence-electron chi connectivity index (χ4n) is 2.06. The highest BCUT2D eigenvalue weighted by Crippen LogP contribution is 2.36. The average molecular weight is 266 g/mol. The van der Waals surface area contributed by atoms with Crippen LogP contribution in [0.3, 0.4) is 0 Å². The van der Waals surface area contributed by atoms with Crippen molar-refractivity contribution in [3.8, 4) is 0 Å². The Morgan fingerprint density at radius 3 is 2.26 bits per heavy atom. The van der Waals surface area contributed by atoms with Crippen molar-refractivity contribution in [1.82, 2.24) is 10.3 Å². The highest BCUT2D eigenvalue weighted by atomic mass is 19.4. The van der Waals surface area contributed by atoms with Gasteiger partial charge in [-0.15, -0.1) is 0 Å². The molecule has 0 fully saturated rings. The van der Waals surface area contributed by atoms with Crippen molar-refractivity contribution >= 4 is 0 Å². The van der Waals surface area contributed by atoms with Crippen LogP contribution < -0.4 is 5.32 Å². The van der Waals surface area contributed by atoms with Crippen LogP contribution in [0.5, 0.6) is 0 Å². The molecule has 1 atom stereocenters. The molecule has 0 radical (unpaired) electrons. The van der Waals surface area contributed by atoms with Crippen LogP contribution in [0.2, 0.25) is 0 Å². The van der Waals surface area contributed by atoms with E-state index in [1.165, 1.54) is 12.1 Å². The van der Waals surface area contributed by atoms with Crippen molar-refractivity contribution in [2.24, 2.45) is 0 Å². The van der Waals surface area contributed by atoms with E-state index >= 15 is 0 Å². The normalized spacial score (nSPS) is 13.3. The van der Waals surface area contributed by atoms with Crippen molar-refractivity contribution in [3.63, 3.8) is 0 Å². The molecular weight excluding hydrogens is 253 g/mol. The fourth-order valence-corrected chi connectivity index (χ4v) is 2.06. The van der Waals surface area contributed by atoms with Gasteiger partial charge in [0.25, 0.3) is 0 Å². The number of benzene rings is 1. The van der Waals surface area contributed by atoms with Crippen LogP contribution in [0.15, 0.2) is 48.8 Å². The van der Waals surface area contributed by atoms with Gasteiger partial charge in [-0.2, -0.15) is 13.2 Å². The third kappa shape index (κ3) is 2.93. The number of hydrogen-bond acceptors (Lipinski definition) is 2. The van der Waals surface area contributed by atoms with E-state index in [9.17, 15) is 13.2 Å². The van der Waals surface area contributed by atoms with Gasteiger partial charge in [0, 0.05) is 12.4 Å². The Balaban J connectivity index is 2.51. The van der Waals surface area contributed by atoms with Crippen LogP contribution in [0.4, 0.5) is 13.2 Å². The van der Waals surface area contributed by atoms with Crippen molar-refractivity contribution in [3.05, 3.63) is 65.5 Å². The standard InChI is InChI=1S/C14H13F3N2/c1-18-13(10-6-8-19-9-7-10)11-4-2-3-5-12(11)14(15,16)17/h2-9,13,18H,1H3. The lowest BCUT2D eigenvalue weighted by Crippen LogP contribution is -2.21. The molecule has 2 aromatic rings. The summed E-state index contributed by atoms with van der Waals surface area (Å²) < 4.78 is 39.1. The zero-order valence-electron chi connectivity index (χ0n) is 10.3. The summed E-state index contributed by atoms with van der Waals surface area (Å²) in [6.07, 6.45) is -1.23. The number of pyridine rings is 1. The van der Waals surface area contributed by atoms with Crippen LogP contribution in [0, 0.1) is 0 Å². The molecule has 0 aliphatic rings. The molecule has 0 amide bonds. The Bertz CT molecular complexity index is 538. The number of alkyl halides is 3. The summed E-state index contributed by atoms with van der Waals surface area (Å²) in [7, 11) is 1.64. The summed E-state index contributed by atoms with van der Waals surface area (Å²) >= 11 is 0. The smallest absolute Gasteiger partial charge is 0.309 e. The number of rotatable bonds is 3. The first-order chi connectivity index (χ1) is 9.04. The zero-order valence-corrected chi connectivity index (χ0v) is 10.3. The SMILES string of the molecule is CNC(c1ccncc1)c1ccccc1C(F)(F)F. The molecular formula is C14H13F3N2. The van der Waals surface area contributed by atoms with Crippen LogP contribution in [0.25, 0.3) is 0 Å². The minimum atomic E-state index is -4.36. The molecule has 0 saturated carbocycles. The van der Waals surface area contributed by atoms with E-state index < -0.39 is 17.8 Å². The molecule has 100 valence electrons. The number of aromatic nitrogens is 1. The minimum absolute atomic E-state index is 0.212. The Kier molecular flexibility index (Phi) is 3.85. The molecule has 0 aliphatic heterocycles. The summed E-state index contributed by atoms with van der Waals surface area (Å²) in [5, 5.41) is 2.92. The van der Waals surface area contributed by atoms with Crippen molar-refractivity contribution in [2.75, 3.05) is 7.05 Å². The van der Waals surface area contributed by atoms with Gasteiger partial charge in [-0.05, 0) is 36.4 Å². The van der Waals surface area contributed by atoms with E-state index in [1.807, 2.05) is 0 Å². The fraction of sp³-hybridized carbons (Fsp3) is 0.214. The van der Waals surface area contributed by atoms with Gasteiger partial charge < -0.3 is 5.32 Å². The molecule has 1 aromatic carbocycles. The van der Waals surface area contributed by atoms with Crippen LogP contribution in [-0.4, -0.2) is 12.0 Å². The molecule has 0 saturated heterocycles. The molecule has 2 nitrogen and oxygen atoms in total. The van der Waals surface area contributed by atoms with Gasteiger partial charge in [0.05, 0.1) is 11.6 Å². The number of nitrogens with zero attached hydrogens (tertiary/aromatic N) is 1. The summed E-state index contributed by atoms with van der Waals surface area (Å²) in [6.45, 7) is 0. The molecule has 0 bridgehead atoms. The molecule has 0 spiro atoms. The predicted molar refractivity (Wildman–Crippen MR) is 66.6 cm³/mol. The summed E-state index contributed by atoms with van der Waals surface area (Å²) in [6, 6.07) is 8.48. The summed E-state index contributed by atoms with van der Waals surface area (Å²) in [5.74, 6) is 0. The maximum absolute atomic E-state index is 13.0. The number of nitrogens with one attached hydrogen (secondary N) is 1. The van der Waals surface area contributed by atoms with E-state index in [2.05, 4.69) is 10.3 Å². The third-order valence-electron chi connectivity index (χ3n) is 2.91. The highest BCUT2D eigenvalue weighted by molar-refractivity contribution is 5.38. The minimum Gasteiger partial charge on any atom is -0.309 e. The van der Waals surface area contributed by atoms with Gasteiger partial charge in [-0.3, -0.25) is 4.98 Å². The zero-order chi connectivity index (χ0) is 13.9. The maximum atomic E-state index is 13.0. The van der Waals surface area contributed by atoms with E-state index in [0.717, 1.165) is 11.6 Å². The van der Waals surface area contributed by atoms with Gasteiger partial charge >= 0.3 is 6.18 Å². The van der Waals surface area contributed by atoms with Gasteiger partial charge in [0.2, 0.25) is 0 Å². The number of halogens is 3. The summed E-state index contributed by atoms with van der Waals surface area (Å²) in [5.41, 5.74) is 0.337. The van der Waals surface area contributed by atoms with Crippen molar-refractivity contribution < 1.29 is 13.2 Å². The average Bonchev–Trinajstić information content (AvgIpc) is 2.40. The maximum Gasteiger partial charge on any atom is 0.416 e. The van der Waals surface area contributed by atoms with E-state index in [-0.39, 0.29) is 5.56 Å². The molecule has 1 heterocycles. The van der Waals surface area contributed by atoms with Gasteiger partial charge in [-0.1, -0.05) is 18.2 Å². The molecule has 5 heteroatoms. The lowest BCUT2D eigenvalue weighted by Gasteiger charge is -2.21. The topological polar surface area (TPSA) is 24.9 Å². The Hall–Kier alpha value is -1.88. The van der Waals surface area contributed by atoms with E-state index in [1.54, 1.807) is 37.6 Å². The highest BCUT2D eigenvalue weighted by Gasteiger charge is 2.34. The molecule has 1 unspecified atom stereocenters.